The Balaban J connectivity index is 0.000000970. The third-order valence-corrected chi connectivity index (χ3v) is 3.23. The topological polar surface area (TPSA) is 55.4 Å². The fourth-order valence-electron chi connectivity index (χ4n) is 2.08. The molecule has 2 rings (SSSR count). The lowest BCUT2D eigenvalue weighted by Crippen LogP contribution is -2.09. The van der Waals surface area contributed by atoms with Gasteiger partial charge in [0.15, 0.2) is 5.78 Å². The average molecular weight is 339 g/mol. The smallest absolute Gasteiger partial charge is 0.333 e. The van der Waals surface area contributed by atoms with Crippen molar-refractivity contribution >= 4 is 11.8 Å². The lowest BCUT2D eigenvalue weighted by Gasteiger charge is -2.06. The Labute approximate surface area is 149 Å². The molecule has 2 aromatic rings. The summed E-state index contributed by atoms with van der Waals surface area (Å²) in [6.45, 7) is 5.83. The van der Waals surface area contributed by atoms with Crippen LogP contribution in [0.25, 0.3) is 0 Å². The zero-order chi connectivity index (χ0) is 18.7. The predicted octanol–water partition coefficient (Wildman–Crippen LogP) is 3.42. The SMILES string of the molecule is C=C(Cc1ccc(C(=O)c2ccccc2)cc1)C(=O)OCC.CNC. The quantitative estimate of drug-likeness (QED) is 0.498. The summed E-state index contributed by atoms with van der Waals surface area (Å²) in [5.41, 5.74) is 2.61. The second kappa shape index (κ2) is 10.9. The van der Waals surface area contributed by atoms with Gasteiger partial charge < -0.3 is 10.1 Å². The Morgan fingerprint density at radius 3 is 2.00 bits per heavy atom. The number of hydrogen-bond acceptors (Lipinski definition) is 4. The molecule has 0 unspecified atom stereocenters. The van der Waals surface area contributed by atoms with Gasteiger partial charge in [0.2, 0.25) is 0 Å². The van der Waals surface area contributed by atoms with E-state index in [4.69, 9.17) is 4.74 Å². The molecular weight excluding hydrogens is 314 g/mol. The molecule has 0 aliphatic rings. The molecule has 0 radical (unpaired) electrons. The van der Waals surface area contributed by atoms with Crippen LogP contribution in [0.5, 0.6) is 0 Å². The molecule has 0 fully saturated rings. The second-order valence-corrected chi connectivity index (χ2v) is 5.39. The van der Waals surface area contributed by atoms with E-state index in [9.17, 15) is 9.59 Å². The van der Waals surface area contributed by atoms with Crippen LogP contribution in [-0.2, 0) is 16.0 Å². The second-order valence-electron chi connectivity index (χ2n) is 5.39. The molecule has 0 aromatic heterocycles. The molecule has 2 aromatic carbocycles. The normalized spacial score (nSPS) is 9.56. The van der Waals surface area contributed by atoms with Crippen molar-refractivity contribution in [1.29, 1.82) is 0 Å². The van der Waals surface area contributed by atoms with Crippen molar-refractivity contribution in [3.05, 3.63) is 83.4 Å². The molecule has 0 spiro atoms. The summed E-state index contributed by atoms with van der Waals surface area (Å²) in [5, 5.41) is 2.75. The highest BCUT2D eigenvalue weighted by atomic mass is 16.5. The average Bonchev–Trinajstić information content (AvgIpc) is 2.63. The van der Waals surface area contributed by atoms with E-state index in [0.717, 1.165) is 5.56 Å². The lowest BCUT2D eigenvalue weighted by molar-refractivity contribution is -0.138. The first-order chi connectivity index (χ1) is 12.0. The minimum atomic E-state index is -0.382. The van der Waals surface area contributed by atoms with E-state index in [1.54, 1.807) is 31.2 Å². The summed E-state index contributed by atoms with van der Waals surface area (Å²) < 4.78 is 4.90. The highest BCUT2D eigenvalue weighted by Gasteiger charge is 2.11. The molecule has 4 heteroatoms. The summed E-state index contributed by atoms with van der Waals surface area (Å²) in [7, 11) is 3.75. The highest BCUT2D eigenvalue weighted by molar-refractivity contribution is 6.08. The Morgan fingerprint density at radius 2 is 1.48 bits per heavy atom. The third kappa shape index (κ3) is 6.73. The molecule has 0 aliphatic carbocycles. The molecule has 0 heterocycles. The number of ketones is 1. The Morgan fingerprint density at radius 1 is 0.960 bits per heavy atom. The molecule has 0 atom stereocenters. The fraction of sp³-hybridized carbons (Fsp3) is 0.238. The monoisotopic (exact) mass is 339 g/mol. The maximum atomic E-state index is 12.3. The molecular formula is C21H25NO3. The van der Waals surface area contributed by atoms with E-state index in [0.29, 0.717) is 29.7 Å². The summed E-state index contributed by atoms with van der Waals surface area (Å²) in [4.78, 5) is 23.8. The molecule has 1 N–H and O–H groups in total. The van der Waals surface area contributed by atoms with E-state index in [1.807, 2.05) is 44.4 Å². The molecule has 25 heavy (non-hydrogen) atoms. The largest absolute Gasteiger partial charge is 0.463 e. The molecule has 0 bridgehead atoms. The van der Waals surface area contributed by atoms with Crippen LogP contribution in [0.1, 0.15) is 28.4 Å². The summed E-state index contributed by atoms with van der Waals surface area (Å²) >= 11 is 0. The van der Waals surface area contributed by atoms with E-state index in [1.165, 1.54) is 0 Å². The fourth-order valence-corrected chi connectivity index (χ4v) is 2.08. The van der Waals surface area contributed by atoms with E-state index < -0.39 is 0 Å². The minimum absolute atomic E-state index is 0.0173. The van der Waals surface area contributed by atoms with Gasteiger partial charge in [-0.3, -0.25) is 4.79 Å². The summed E-state index contributed by atoms with van der Waals surface area (Å²) in [6, 6.07) is 16.3. The number of hydrogen-bond donors (Lipinski definition) is 1. The van der Waals surface area contributed by atoms with Crippen molar-refractivity contribution in [2.24, 2.45) is 0 Å². The first-order valence-electron chi connectivity index (χ1n) is 8.15. The molecule has 132 valence electrons. The van der Waals surface area contributed by atoms with Crippen LogP contribution >= 0.6 is 0 Å². The van der Waals surface area contributed by atoms with Crippen LogP contribution in [-0.4, -0.2) is 32.5 Å². The van der Waals surface area contributed by atoms with Gasteiger partial charge in [0.05, 0.1) is 6.61 Å². The van der Waals surface area contributed by atoms with Crippen LogP contribution in [0.4, 0.5) is 0 Å². The first-order valence-corrected chi connectivity index (χ1v) is 8.15. The van der Waals surface area contributed by atoms with Crippen LogP contribution < -0.4 is 5.32 Å². The number of rotatable bonds is 6. The van der Waals surface area contributed by atoms with Crippen molar-refractivity contribution in [3.8, 4) is 0 Å². The number of ether oxygens (including phenoxy) is 1. The number of carbonyl (C=O) groups is 2. The lowest BCUT2D eigenvalue weighted by atomic mass is 10.00. The van der Waals surface area contributed by atoms with Gasteiger partial charge in [-0.15, -0.1) is 0 Å². The van der Waals surface area contributed by atoms with Gasteiger partial charge in [0.1, 0.15) is 0 Å². The van der Waals surface area contributed by atoms with Crippen molar-refractivity contribution < 1.29 is 14.3 Å². The standard InChI is InChI=1S/C19H18O3.C2H7N/c1-3-22-19(21)14(2)13-15-9-11-17(12-10-15)18(20)16-7-5-4-6-8-16;1-3-2/h4-12H,2-3,13H2,1H3;3H,1-2H3. The van der Waals surface area contributed by atoms with Crippen molar-refractivity contribution in [1.82, 2.24) is 5.32 Å². The van der Waals surface area contributed by atoms with Crippen molar-refractivity contribution in [2.45, 2.75) is 13.3 Å². The summed E-state index contributed by atoms with van der Waals surface area (Å²) in [5.74, 6) is -0.400. The number of benzene rings is 2. The van der Waals surface area contributed by atoms with E-state index >= 15 is 0 Å². The van der Waals surface area contributed by atoms with Gasteiger partial charge in [-0.25, -0.2) is 4.79 Å². The molecule has 0 amide bonds. The van der Waals surface area contributed by atoms with Gasteiger partial charge in [0.25, 0.3) is 0 Å². The van der Waals surface area contributed by atoms with Gasteiger partial charge in [-0.1, -0.05) is 61.2 Å². The van der Waals surface area contributed by atoms with E-state index in [-0.39, 0.29) is 11.8 Å². The van der Waals surface area contributed by atoms with Crippen molar-refractivity contribution in [3.63, 3.8) is 0 Å². The molecule has 0 saturated carbocycles. The molecule has 4 nitrogen and oxygen atoms in total. The Kier molecular flexibility index (Phi) is 8.90. The van der Waals surface area contributed by atoms with Gasteiger partial charge in [-0.2, -0.15) is 0 Å². The van der Waals surface area contributed by atoms with Crippen LogP contribution in [0.3, 0.4) is 0 Å². The van der Waals surface area contributed by atoms with Gasteiger partial charge >= 0.3 is 5.97 Å². The van der Waals surface area contributed by atoms with Crippen LogP contribution in [0.2, 0.25) is 0 Å². The molecule has 0 aliphatic heterocycles. The van der Waals surface area contributed by atoms with Crippen LogP contribution in [0.15, 0.2) is 66.7 Å². The van der Waals surface area contributed by atoms with Crippen LogP contribution in [0, 0.1) is 0 Å². The third-order valence-electron chi connectivity index (χ3n) is 3.23. The number of carbonyl (C=O) groups excluding carboxylic acids is 2. The van der Waals surface area contributed by atoms with E-state index in [2.05, 4.69) is 11.9 Å². The Hall–Kier alpha value is -2.72. The summed E-state index contributed by atoms with van der Waals surface area (Å²) in [6.07, 6.45) is 0.415. The zero-order valence-electron chi connectivity index (χ0n) is 15.0. The maximum absolute atomic E-state index is 12.3. The number of esters is 1. The number of nitrogens with one attached hydrogen (secondary N) is 1. The first kappa shape index (κ1) is 20.3. The zero-order valence-corrected chi connectivity index (χ0v) is 15.0. The van der Waals surface area contributed by atoms with Gasteiger partial charge in [-0.05, 0) is 26.6 Å². The maximum Gasteiger partial charge on any atom is 0.333 e. The molecule has 0 saturated heterocycles. The van der Waals surface area contributed by atoms with Crippen molar-refractivity contribution in [2.75, 3.05) is 20.7 Å². The highest BCUT2D eigenvalue weighted by Crippen LogP contribution is 2.13. The van der Waals surface area contributed by atoms with Gasteiger partial charge in [0, 0.05) is 23.1 Å². The minimum Gasteiger partial charge on any atom is -0.463 e. The Bertz CT molecular complexity index is 691. The predicted molar refractivity (Wildman–Crippen MR) is 101 cm³/mol.